The highest BCUT2D eigenvalue weighted by Gasteiger charge is 2.18. The number of aryl methyl sites for hydroxylation is 2. The van der Waals surface area contributed by atoms with Crippen LogP contribution in [0.4, 0.5) is 5.82 Å². The summed E-state index contributed by atoms with van der Waals surface area (Å²) >= 11 is 0. The van der Waals surface area contributed by atoms with Gasteiger partial charge < -0.3 is 10.2 Å². The number of pyridine rings is 1. The highest BCUT2D eigenvalue weighted by atomic mass is 16.3. The van der Waals surface area contributed by atoms with Gasteiger partial charge in [-0.3, -0.25) is 0 Å². The molecule has 2 aromatic rings. The van der Waals surface area contributed by atoms with E-state index in [9.17, 15) is 5.26 Å². The Hall–Kier alpha value is -2.28. The average molecular weight is 241 g/mol. The van der Waals surface area contributed by atoms with Crippen molar-refractivity contribution in [2.24, 2.45) is 0 Å². The minimum atomic E-state index is 0.268. The molecule has 0 unspecified atom stereocenters. The van der Waals surface area contributed by atoms with Crippen molar-refractivity contribution >= 4 is 5.82 Å². The molecule has 2 rings (SSSR count). The second kappa shape index (κ2) is 4.53. The van der Waals surface area contributed by atoms with Gasteiger partial charge in [-0.2, -0.15) is 5.26 Å². The monoisotopic (exact) mass is 241 g/mol. The van der Waals surface area contributed by atoms with Crippen molar-refractivity contribution in [3.8, 4) is 17.4 Å². The normalized spacial score (nSPS) is 10.3. The van der Waals surface area contributed by atoms with Crippen LogP contribution in [0.1, 0.15) is 29.5 Å². The van der Waals surface area contributed by atoms with Gasteiger partial charge in [-0.05, 0) is 38.0 Å². The van der Waals surface area contributed by atoms with Crippen LogP contribution in [0.2, 0.25) is 0 Å². The first-order valence-corrected chi connectivity index (χ1v) is 5.84. The van der Waals surface area contributed by atoms with E-state index in [0.717, 1.165) is 29.0 Å². The zero-order valence-corrected chi connectivity index (χ0v) is 10.7. The van der Waals surface area contributed by atoms with E-state index >= 15 is 0 Å². The quantitative estimate of drug-likeness (QED) is 0.876. The van der Waals surface area contributed by atoms with Crippen molar-refractivity contribution in [1.29, 1.82) is 5.26 Å². The first-order chi connectivity index (χ1) is 8.58. The number of nitrogen functional groups attached to an aromatic ring is 1. The molecule has 18 heavy (non-hydrogen) atoms. The molecule has 0 atom stereocenters. The number of hydrogen-bond donors (Lipinski definition) is 1. The van der Waals surface area contributed by atoms with Gasteiger partial charge in [0.2, 0.25) is 0 Å². The second-order valence-electron chi connectivity index (χ2n) is 4.19. The third-order valence-corrected chi connectivity index (χ3v) is 3.00. The van der Waals surface area contributed by atoms with Crippen molar-refractivity contribution in [2.45, 2.75) is 27.2 Å². The minimum absolute atomic E-state index is 0.268. The van der Waals surface area contributed by atoms with E-state index in [1.165, 1.54) is 0 Å². The minimum Gasteiger partial charge on any atom is -0.461 e. The van der Waals surface area contributed by atoms with E-state index in [4.69, 9.17) is 10.2 Å². The second-order valence-corrected chi connectivity index (χ2v) is 4.19. The largest absolute Gasteiger partial charge is 0.461 e. The molecule has 2 N–H and O–H groups in total. The van der Waals surface area contributed by atoms with Gasteiger partial charge in [-0.1, -0.05) is 6.92 Å². The van der Waals surface area contributed by atoms with Gasteiger partial charge in [0.05, 0.1) is 0 Å². The van der Waals surface area contributed by atoms with Crippen molar-refractivity contribution in [3.05, 3.63) is 34.7 Å². The van der Waals surface area contributed by atoms with Gasteiger partial charge in [0, 0.05) is 11.3 Å². The first kappa shape index (κ1) is 12.2. The topological polar surface area (TPSA) is 75.8 Å². The Morgan fingerprint density at radius 3 is 2.61 bits per heavy atom. The Kier molecular flexibility index (Phi) is 3.07. The molecule has 0 aliphatic heterocycles. The van der Waals surface area contributed by atoms with E-state index in [-0.39, 0.29) is 5.82 Å². The standard InChI is InChI=1S/C14H15N3O/c1-4-11-9(3)13(10(7-15)14(16)17-11)12-6-5-8(2)18-12/h5-6H,4H2,1-3H3,(H2,16,17). The van der Waals surface area contributed by atoms with Crippen LogP contribution in [0.3, 0.4) is 0 Å². The fourth-order valence-corrected chi connectivity index (χ4v) is 2.08. The molecule has 2 heterocycles. The number of aromatic nitrogens is 1. The highest BCUT2D eigenvalue weighted by molar-refractivity contribution is 5.76. The Labute approximate surface area is 106 Å². The molecule has 2 aromatic heterocycles. The third kappa shape index (κ3) is 1.84. The van der Waals surface area contributed by atoms with E-state index in [1.54, 1.807) is 0 Å². The van der Waals surface area contributed by atoms with Crippen LogP contribution in [0, 0.1) is 25.2 Å². The molecule has 4 heteroatoms. The number of nitrogens with zero attached hydrogens (tertiary/aromatic N) is 2. The number of anilines is 1. The summed E-state index contributed by atoms with van der Waals surface area (Å²) in [5, 5.41) is 9.24. The summed E-state index contributed by atoms with van der Waals surface area (Å²) in [6, 6.07) is 5.85. The predicted octanol–water partition coefficient (Wildman–Crippen LogP) is 2.97. The van der Waals surface area contributed by atoms with Crippen LogP contribution in [-0.4, -0.2) is 4.98 Å². The van der Waals surface area contributed by atoms with Crippen molar-refractivity contribution < 1.29 is 4.42 Å². The zero-order valence-electron chi connectivity index (χ0n) is 10.7. The fraction of sp³-hybridized carbons (Fsp3) is 0.286. The molecular weight excluding hydrogens is 226 g/mol. The smallest absolute Gasteiger partial charge is 0.142 e. The average Bonchev–Trinajstić information content (AvgIpc) is 2.77. The number of hydrogen-bond acceptors (Lipinski definition) is 4. The molecule has 0 aromatic carbocycles. The van der Waals surface area contributed by atoms with E-state index in [1.807, 2.05) is 32.9 Å². The lowest BCUT2D eigenvalue weighted by atomic mass is 9.99. The van der Waals surface area contributed by atoms with E-state index in [2.05, 4.69) is 11.1 Å². The number of nitriles is 1. The number of rotatable bonds is 2. The predicted molar refractivity (Wildman–Crippen MR) is 69.9 cm³/mol. The van der Waals surface area contributed by atoms with Gasteiger partial charge in [-0.25, -0.2) is 4.98 Å². The SMILES string of the molecule is CCc1nc(N)c(C#N)c(-c2ccc(C)o2)c1C. The summed E-state index contributed by atoms with van der Waals surface area (Å²) in [6.07, 6.45) is 0.772. The maximum atomic E-state index is 9.24. The summed E-state index contributed by atoms with van der Waals surface area (Å²) in [4.78, 5) is 4.27. The molecular formula is C14H15N3O. The summed E-state index contributed by atoms with van der Waals surface area (Å²) in [7, 11) is 0. The molecule has 92 valence electrons. The van der Waals surface area contributed by atoms with Crippen LogP contribution < -0.4 is 5.73 Å². The molecule has 0 spiro atoms. The molecule has 0 saturated heterocycles. The molecule has 0 amide bonds. The fourth-order valence-electron chi connectivity index (χ4n) is 2.08. The van der Waals surface area contributed by atoms with Gasteiger partial charge in [0.25, 0.3) is 0 Å². The maximum absolute atomic E-state index is 9.24. The lowest BCUT2D eigenvalue weighted by molar-refractivity contribution is 0.547. The Morgan fingerprint density at radius 2 is 2.11 bits per heavy atom. The Balaban J connectivity index is 2.79. The van der Waals surface area contributed by atoms with Crippen LogP contribution in [0.15, 0.2) is 16.5 Å². The molecule has 0 bridgehead atoms. The van der Waals surface area contributed by atoms with Gasteiger partial charge in [0.15, 0.2) is 0 Å². The zero-order chi connectivity index (χ0) is 13.3. The first-order valence-electron chi connectivity index (χ1n) is 5.84. The third-order valence-electron chi connectivity index (χ3n) is 3.00. The summed E-state index contributed by atoms with van der Waals surface area (Å²) in [5.74, 6) is 1.75. The maximum Gasteiger partial charge on any atom is 0.142 e. The number of nitrogens with two attached hydrogens (primary N) is 1. The molecule has 4 nitrogen and oxygen atoms in total. The van der Waals surface area contributed by atoms with Crippen LogP contribution in [-0.2, 0) is 6.42 Å². The van der Waals surface area contributed by atoms with Gasteiger partial charge in [0.1, 0.15) is 29.0 Å². The van der Waals surface area contributed by atoms with Crippen LogP contribution in [0.5, 0.6) is 0 Å². The lowest BCUT2D eigenvalue weighted by Crippen LogP contribution is -2.04. The Morgan fingerprint density at radius 1 is 1.39 bits per heavy atom. The van der Waals surface area contributed by atoms with Gasteiger partial charge >= 0.3 is 0 Å². The lowest BCUT2D eigenvalue weighted by Gasteiger charge is -2.11. The van der Waals surface area contributed by atoms with Crippen LogP contribution in [0.25, 0.3) is 11.3 Å². The summed E-state index contributed by atoms with van der Waals surface area (Å²) < 4.78 is 5.61. The van der Waals surface area contributed by atoms with Gasteiger partial charge in [-0.15, -0.1) is 0 Å². The van der Waals surface area contributed by atoms with E-state index in [0.29, 0.717) is 11.3 Å². The van der Waals surface area contributed by atoms with E-state index < -0.39 is 0 Å². The summed E-state index contributed by atoms with van der Waals surface area (Å²) in [6.45, 7) is 5.83. The molecule has 0 aliphatic carbocycles. The van der Waals surface area contributed by atoms with Crippen molar-refractivity contribution in [3.63, 3.8) is 0 Å². The van der Waals surface area contributed by atoms with Crippen molar-refractivity contribution in [1.82, 2.24) is 4.98 Å². The molecule has 0 aliphatic rings. The number of furan rings is 1. The molecule has 0 radical (unpaired) electrons. The Bertz CT molecular complexity index is 634. The van der Waals surface area contributed by atoms with Crippen molar-refractivity contribution in [2.75, 3.05) is 5.73 Å². The molecule has 0 fully saturated rings. The molecule has 0 saturated carbocycles. The highest BCUT2D eigenvalue weighted by Crippen LogP contribution is 2.32. The van der Waals surface area contributed by atoms with Crippen LogP contribution >= 0.6 is 0 Å². The summed E-state index contributed by atoms with van der Waals surface area (Å²) in [5.41, 5.74) is 8.85.